The van der Waals surface area contributed by atoms with Crippen molar-refractivity contribution in [2.24, 2.45) is 0 Å². The Morgan fingerprint density at radius 1 is 1.00 bits per heavy atom. The molecule has 0 aromatic heterocycles. The van der Waals surface area contributed by atoms with E-state index in [-0.39, 0.29) is 5.91 Å². The quantitative estimate of drug-likeness (QED) is 0.822. The topological polar surface area (TPSA) is 26.8 Å². The number of hydrogen-bond acceptors (Lipinski definition) is 3. The summed E-state index contributed by atoms with van der Waals surface area (Å²) in [4.78, 5) is 20.5. The predicted octanol–water partition coefficient (Wildman–Crippen LogP) is 3.18. The predicted molar refractivity (Wildman–Crippen MR) is 114 cm³/mol. The van der Waals surface area contributed by atoms with Crippen molar-refractivity contribution in [3.05, 3.63) is 47.0 Å². The van der Waals surface area contributed by atoms with E-state index in [1.165, 1.54) is 42.4 Å². The first-order chi connectivity index (χ1) is 13.6. The summed E-state index contributed by atoms with van der Waals surface area (Å²) in [6.07, 6.45) is 5.82. The van der Waals surface area contributed by atoms with Crippen LogP contribution in [0.5, 0.6) is 0 Å². The van der Waals surface area contributed by atoms with Crippen molar-refractivity contribution >= 4 is 16.7 Å². The summed E-state index contributed by atoms with van der Waals surface area (Å²) in [6.45, 7) is 4.54. The lowest BCUT2D eigenvalue weighted by Gasteiger charge is -2.35. The molecular formula is C24H31N3O. The number of piperidine rings is 1. The maximum absolute atomic E-state index is 13.4. The second-order valence-corrected chi connectivity index (χ2v) is 9.00. The Kier molecular flexibility index (Phi) is 4.64. The molecule has 2 saturated heterocycles. The van der Waals surface area contributed by atoms with Crippen molar-refractivity contribution in [3.63, 3.8) is 0 Å². The van der Waals surface area contributed by atoms with E-state index in [1.54, 1.807) is 0 Å². The van der Waals surface area contributed by atoms with Crippen LogP contribution in [0, 0.1) is 0 Å². The zero-order valence-corrected chi connectivity index (χ0v) is 17.2. The number of likely N-dealkylation sites (N-methyl/N-ethyl adjacent to an activating group) is 1. The Bertz CT molecular complexity index is 890. The Balaban J connectivity index is 1.33. The van der Waals surface area contributed by atoms with Crippen molar-refractivity contribution in [2.45, 2.75) is 44.2 Å². The van der Waals surface area contributed by atoms with Crippen LogP contribution in [-0.2, 0) is 12.8 Å². The van der Waals surface area contributed by atoms with Gasteiger partial charge in [0.1, 0.15) is 0 Å². The van der Waals surface area contributed by atoms with E-state index in [2.05, 4.69) is 47.2 Å². The third-order valence-corrected chi connectivity index (χ3v) is 7.37. The maximum Gasteiger partial charge on any atom is 0.254 e. The molecule has 1 unspecified atom stereocenters. The lowest BCUT2D eigenvalue weighted by molar-refractivity contribution is 0.0723. The Labute approximate surface area is 168 Å². The molecule has 0 bridgehead atoms. The number of aryl methyl sites for hydroxylation is 2. The van der Waals surface area contributed by atoms with Crippen molar-refractivity contribution < 1.29 is 4.79 Å². The number of nitrogens with zero attached hydrogens (tertiary/aromatic N) is 3. The average Bonchev–Trinajstić information content (AvgIpc) is 3.37. The van der Waals surface area contributed by atoms with Crippen LogP contribution in [0.1, 0.15) is 40.7 Å². The Morgan fingerprint density at radius 2 is 1.75 bits per heavy atom. The number of carbonyl (C=O) groups excluding carboxylic acids is 1. The highest BCUT2D eigenvalue weighted by Crippen LogP contribution is 2.33. The van der Waals surface area contributed by atoms with E-state index in [9.17, 15) is 4.79 Å². The molecule has 28 heavy (non-hydrogen) atoms. The van der Waals surface area contributed by atoms with Crippen LogP contribution in [-0.4, -0.2) is 73.0 Å². The van der Waals surface area contributed by atoms with Gasteiger partial charge in [-0.1, -0.05) is 24.3 Å². The number of benzene rings is 2. The first kappa shape index (κ1) is 18.1. The zero-order valence-electron chi connectivity index (χ0n) is 17.2. The number of likely N-dealkylation sites (tertiary alicyclic amines) is 2. The van der Waals surface area contributed by atoms with E-state index in [0.717, 1.165) is 43.3 Å². The van der Waals surface area contributed by atoms with E-state index in [4.69, 9.17) is 0 Å². The molecule has 1 amide bonds. The van der Waals surface area contributed by atoms with Crippen molar-refractivity contribution in [1.82, 2.24) is 14.7 Å². The van der Waals surface area contributed by atoms with E-state index in [0.29, 0.717) is 12.1 Å². The van der Waals surface area contributed by atoms with Gasteiger partial charge >= 0.3 is 0 Å². The van der Waals surface area contributed by atoms with Gasteiger partial charge in [-0.05, 0) is 80.2 Å². The smallest absolute Gasteiger partial charge is 0.254 e. The molecule has 2 fully saturated rings. The molecule has 3 aliphatic rings. The van der Waals surface area contributed by atoms with Crippen molar-refractivity contribution in [3.8, 4) is 0 Å². The lowest BCUT2D eigenvalue weighted by Crippen LogP contribution is -2.45. The second kappa shape index (κ2) is 7.16. The van der Waals surface area contributed by atoms with Crippen LogP contribution in [0.4, 0.5) is 0 Å². The molecule has 2 heterocycles. The molecule has 148 valence electrons. The van der Waals surface area contributed by atoms with E-state index in [1.807, 2.05) is 11.9 Å². The lowest BCUT2D eigenvalue weighted by atomic mass is 9.99. The van der Waals surface area contributed by atoms with Crippen LogP contribution < -0.4 is 0 Å². The molecule has 2 aliphatic heterocycles. The van der Waals surface area contributed by atoms with Gasteiger partial charge in [0.25, 0.3) is 5.91 Å². The molecule has 0 radical (unpaired) electrons. The molecule has 1 atom stereocenters. The first-order valence-corrected chi connectivity index (χ1v) is 10.8. The molecule has 4 nitrogen and oxygen atoms in total. The fourth-order valence-electron chi connectivity index (χ4n) is 5.57. The maximum atomic E-state index is 13.4. The fraction of sp³-hybridized carbons (Fsp3) is 0.542. The van der Waals surface area contributed by atoms with Gasteiger partial charge in [0.05, 0.1) is 0 Å². The van der Waals surface area contributed by atoms with Crippen LogP contribution in [0.15, 0.2) is 30.3 Å². The minimum atomic E-state index is 0.186. The third kappa shape index (κ3) is 3.03. The fourth-order valence-corrected chi connectivity index (χ4v) is 5.57. The molecule has 2 aromatic carbocycles. The monoisotopic (exact) mass is 377 g/mol. The van der Waals surface area contributed by atoms with Crippen molar-refractivity contribution in [1.29, 1.82) is 0 Å². The van der Waals surface area contributed by atoms with Crippen LogP contribution in [0.3, 0.4) is 0 Å². The molecule has 2 aromatic rings. The molecule has 0 spiro atoms. The van der Waals surface area contributed by atoms with Gasteiger partial charge in [-0.15, -0.1) is 0 Å². The third-order valence-electron chi connectivity index (χ3n) is 7.37. The summed E-state index contributed by atoms with van der Waals surface area (Å²) in [5, 5.41) is 2.48. The summed E-state index contributed by atoms with van der Waals surface area (Å²) in [6, 6.07) is 11.7. The van der Waals surface area contributed by atoms with Gasteiger partial charge in [-0.25, -0.2) is 0 Å². The number of hydrogen-bond donors (Lipinski definition) is 0. The Morgan fingerprint density at radius 3 is 2.54 bits per heavy atom. The second-order valence-electron chi connectivity index (χ2n) is 9.00. The summed E-state index contributed by atoms with van der Waals surface area (Å²) in [5.41, 5.74) is 3.68. The zero-order chi connectivity index (χ0) is 19.3. The average molecular weight is 378 g/mol. The van der Waals surface area contributed by atoms with Crippen LogP contribution in [0.25, 0.3) is 10.8 Å². The van der Waals surface area contributed by atoms with E-state index >= 15 is 0 Å². The van der Waals surface area contributed by atoms with Crippen LogP contribution in [0.2, 0.25) is 0 Å². The molecular weight excluding hydrogens is 346 g/mol. The van der Waals surface area contributed by atoms with Gasteiger partial charge in [0.2, 0.25) is 0 Å². The highest BCUT2D eigenvalue weighted by Gasteiger charge is 2.34. The minimum Gasteiger partial charge on any atom is -0.337 e. The Hall–Kier alpha value is -1.91. The van der Waals surface area contributed by atoms with Gasteiger partial charge < -0.3 is 9.80 Å². The van der Waals surface area contributed by atoms with Crippen molar-refractivity contribution in [2.75, 3.05) is 40.3 Å². The number of amides is 1. The first-order valence-electron chi connectivity index (χ1n) is 10.8. The molecule has 0 saturated carbocycles. The highest BCUT2D eigenvalue weighted by atomic mass is 16.2. The molecule has 5 rings (SSSR count). The van der Waals surface area contributed by atoms with Gasteiger partial charge in [-0.3, -0.25) is 9.69 Å². The molecule has 0 N–H and O–H groups in total. The van der Waals surface area contributed by atoms with Gasteiger partial charge in [-0.2, -0.15) is 0 Å². The van der Waals surface area contributed by atoms with Crippen LogP contribution >= 0.6 is 0 Å². The summed E-state index contributed by atoms with van der Waals surface area (Å²) >= 11 is 0. The van der Waals surface area contributed by atoms with E-state index < -0.39 is 0 Å². The highest BCUT2D eigenvalue weighted by molar-refractivity contribution is 6.09. The normalized spacial score (nSPS) is 23.6. The number of carbonyl (C=O) groups is 1. The van der Waals surface area contributed by atoms with Gasteiger partial charge in [0.15, 0.2) is 0 Å². The summed E-state index contributed by atoms with van der Waals surface area (Å²) < 4.78 is 0. The number of rotatable bonds is 3. The summed E-state index contributed by atoms with van der Waals surface area (Å²) in [7, 11) is 4.22. The molecule has 1 aliphatic carbocycles. The largest absolute Gasteiger partial charge is 0.337 e. The SMILES string of the molecule is CN1CCC(N2CCC(N(C)C(=O)c3ccc4c5c(cccc35)CC4)C2)CC1. The summed E-state index contributed by atoms with van der Waals surface area (Å²) in [5.74, 6) is 0.186. The minimum absolute atomic E-state index is 0.186. The van der Waals surface area contributed by atoms with Gasteiger partial charge in [0, 0.05) is 37.8 Å². The standard InChI is InChI=1S/C24H31N3O/c1-25-13-10-19(11-14-25)27-15-12-20(16-27)26(2)24(28)22-9-8-18-7-6-17-4-3-5-21(22)23(17)18/h3-5,8-9,19-20H,6-7,10-16H2,1-2H3. The molecule has 4 heteroatoms.